The van der Waals surface area contributed by atoms with E-state index >= 15 is 0 Å². The largest absolute Gasteiger partial charge is 0.416 e. The van der Waals surface area contributed by atoms with E-state index in [1.54, 1.807) is 16.0 Å². The van der Waals surface area contributed by atoms with Crippen LogP contribution in [-0.4, -0.2) is 15.3 Å². The maximum absolute atomic E-state index is 13.1. The van der Waals surface area contributed by atoms with E-state index in [-0.39, 0.29) is 12.5 Å². The molecule has 4 rings (SSSR count). The van der Waals surface area contributed by atoms with Gasteiger partial charge in [0.2, 0.25) is 5.91 Å². The Bertz CT molecular complexity index is 1290. The van der Waals surface area contributed by atoms with Crippen molar-refractivity contribution in [2.45, 2.75) is 18.8 Å². The smallest absolute Gasteiger partial charge is 0.326 e. The summed E-state index contributed by atoms with van der Waals surface area (Å²) in [5.41, 5.74) is -2.10. The van der Waals surface area contributed by atoms with E-state index in [1.165, 1.54) is 35.6 Å². The second kappa shape index (κ2) is 8.18. The Morgan fingerprint density at radius 1 is 0.970 bits per heavy atom. The van der Waals surface area contributed by atoms with Gasteiger partial charge in [0.15, 0.2) is 4.96 Å². The first kappa shape index (κ1) is 22.8. The van der Waals surface area contributed by atoms with Gasteiger partial charge in [-0.3, -0.25) is 9.20 Å². The van der Waals surface area contributed by atoms with Gasteiger partial charge < -0.3 is 5.32 Å². The lowest BCUT2D eigenvalue weighted by Crippen LogP contribution is -2.17. The maximum Gasteiger partial charge on any atom is 0.416 e. The van der Waals surface area contributed by atoms with Gasteiger partial charge in [0.05, 0.1) is 23.2 Å². The molecule has 2 aromatic carbocycles. The summed E-state index contributed by atoms with van der Waals surface area (Å²) in [6, 6.07) is 6.46. The van der Waals surface area contributed by atoms with Crippen LogP contribution in [0.2, 0.25) is 0 Å². The number of amides is 1. The number of hydrogen-bond donors (Lipinski definition) is 1. The number of alkyl halides is 6. The van der Waals surface area contributed by atoms with Crippen LogP contribution in [0.15, 0.2) is 54.0 Å². The molecule has 1 amide bonds. The van der Waals surface area contributed by atoms with Gasteiger partial charge in [0, 0.05) is 28.5 Å². The van der Waals surface area contributed by atoms with Gasteiger partial charge in [-0.15, -0.1) is 11.3 Å². The first-order valence-corrected chi connectivity index (χ1v) is 10.1. The van der Waals surface area contributed by atoms with Crippen LogP contribution in [0.3, 0.4) is 0 Å². The number of benzene rings is 2. The Hall–Kier alpha value is -3.41. The monoisotopic (exact) mass is 487 g/mol. The Kier molecular flexibility index (Phi) is 5.64. The second-order valence-corrected chi connectivity index (χ2v) is 7.87. The van der Waals surface area contributed by atoms with Crippen LogP contribution in [0.4, 0.5) is 36.4 Å². The molecule has 2 heterocycles. The molecule has 12 heteroatoms. The predicted octanol–water partition coefficient (Wildman–Crippen LogP) is 6.42. The van der Waals surface area contributed by atoms with Crippen LogP contribution in [0.1, 0.15) is 16.8 Å². The lowest BCUT2D eigenvalue weighted by molar-refractivity contribution is -0.143. The molecule has 0 saturated carbocycles. The molecular weight excluding hydrogens is 475 g/mol. The fourth-order valence-corrected chi connectivity index (χ4v) is 3.99. The summed E-state index contributed by atoms with van der Waals surface area (Å²) >= 11 is 1.19. The lowest BCUT2D eigenvalue weighted by Gasteiger charge is -2.14. The molecule has 0 aliphatic heterocycles. The highest BCUT2D eigenvalue weighted by atomic mass is 32.1. The fourth-order valence-electron chi connectivity index (χ4n) is 3.11. The summed E-state index contributed by atoms with van der Waals surface area (Å²) < 4.78 is 92.7. The minimum atomic E-state index is -5.02. The van der Waals surface area contributed by atoms with Gasteiger partial charge >= 0.3 is 12.4 Å². The van der Waals surface area contributed by atoms with E-state index in [0.717, 1.165) is 0 Å². The highest BCUT2D eigenvalue weighted by Gasteiger charge is 2.37. The molecule has 2 aromatic heterocycles. The number of hydrogen-bond acceptors (Lipinski definition) is 3. The molecule has 4 nitrogen and oxygen atoms in total. The third-order valence-electron chi connectivity index (χ3n) is 4.64. The summed E-state index contributed by atoms with van der Waals surface area (Å²) in [7, 11) is 0. The third-order valence-corrected chi connectivity index (χ3v) is 5.53. The Balaban J connectivity index is 1.57. The van der Waals surface area contributed by atoms with Crippen molar-refractivity contribution in [3.8, 4) is 11.3 Å². The summed E-state index contributed by atoms with van der Waals surface area (Å²) in [6.07, 6.45) is -8.76. The standard InChI is InChI=1S/C21H12F7N3OS/c22-14-3-1-11(2-4-14)17-9-31-16(10-33-19(31)30-17)8-18(32)29-15-6-12(20(23,24)25)5-13(7-15)21(26,27)28/h1-7,9-10H,8H2,(H,29,32). The number of carbonyl (C=O) groups excluding carboxylic acids is 1. The van der Waals surface area contributed by atoms with Gasteiger partial charge in [-0.1, -0.05) is 0 Å². The fraction of sp³-hybridized carbons (Fsp3) is 0.143. The van der Waals surface area contributed by atoms with Crippen molar-refractivity contribution in [3.63, 3.8) is 0 Å². The van der Waals surface area contributed by atoms with Crippen molar-refractivity contribution in [1.82, 2.24) is 9.38 Å². The van der Waals surface area contributed by atoms with Crippen molar-refractivity contribution in [2.75, 3.05) is 5.32 Å². The van der Waals surface area contributed by atoms with Crippen molar-refractivity contribution in [3.05, 3.63) is 76.7 Å². The Morgan fingerprint density at radius 2 is 1.58 bits per heavy atom. The maximum atomic E-state index is 13.1. The van der Waals surface area contributed by atoms with E-state index in [4.69, 9.17) is 0 Å². The number of halogens is 7. The topological polar surface area (TPSA) is 46.4 Å². The SMILES string of the molecule is O=C(Cc1csc2nc(-c3ccc(F)cc3)cn12)Nc1cc(C(F)(F)F)cc(C(F)(F)F)c1. The van der Waals surface area contributed by atoms with E-state index < -0.39 is 40.9 Å². The van der Waals surface area contributed by atoms with Crippen molar-refractivity contribution in [2.24, 2.45) is 0 Å². The zero-order valence-electron chi connectivity index (χ0n) is 16.3. The van der Waals surface area contributed by atoms with Gasteiger partial charge in [-0.2, -0.15) is 26.3 Å². The highest BCUT2D eigenvalue weighted by Crippen LogP contribution is 2.37. The molecular formula is C21H12F7N3OS. The number of fused-ring (bicyclic) bond motifs is 1. The number of nitrogens with one attached hydrogen (secondary N) is 1. The lowest BCUT2D eigenvalue weighted by atomic mass is 10.1. The van der Waals surface area contributed by atoms with Gasteiger partial charge in [0.1, 0.15) is 5.82 Å². The highest BCUT2D eigenvalue weighted by molar-refractivity contribution is 7.15. The summed E-state index contributed by atoms with van der Waals surface area (Å²) in [5.74, 6) is -1.22. The van der Waals surface area contributed by atoms with Crippen LogP contribution in [-0.2, 0) is 23.6 Å². The van der Waals surface area contributed by atoms with Crippen LogP contribution >= 0.6 is 11.3 Å². The average molecular weight is 487 g/mol. The quantitative estimate of drug-likeness (QED) is 0.338. The Labute approximate surface area is 185 Å². The number of imidazole rings is 1. The summed E-state index contributed by atoms with van der Waals surface area (Å²) in [4.78, 5) is 17.3. The van der Waals surface area contributed by atoms with E-state index in [0.29, 0.717) is 34.0 Å². The zero-order valence-corrected chi connectivity index (χ0v) is 17.1. The Morgan fingerprint density at radius 3 is 2.15 bits per heavy atom. The van der Waals surface area contributed by atoms with Crippen molar-refractivity contribution >= 4 is 27.9 Å². The molecule has 0 fully saturated rings. The first-order chi connectivity index (χ1) is 15.4. The molecule has 0 saturated heterocycles. The molecule has 172 valence electrons. The number of rotatable bonds is 4. The predicted molar refractivity (Wildman–Crippen MR) is 107 cm³/mol. The van der Waals surface area contributed by atoms with E-state index in [2.05, 4.69) is 10.3 Å². The summed E-state index contributed by atoms with van der Waals surface area (Å²) in [5, 5.41) is 3.71. The summed E-state index contributed by atoms with van der Waals surface area (Å²) in [6.45, 7) is 0. The van der Waals surface area contributed by atoms with Crippen LogP contribution in [0, 0.1) is 5.82 Å². The molecule has 0 atom stereocenters. The first-order valence-electron chi connectivity index (χ1n) is 9.21. The van der Waals surface area contributed by atoms with Gasteiger partial charge in [-0.25, -0.2) is 9.37 Å². The molecule has 0 spiro atoms. The van der Waals surface area contributed by atoms with E-state index in [1.807, 2.05) is 0 Å². The molecule has 1 N–H and O–H groups in total. The van der Waals surface area contributed by atoms with Crippen LogP contribution < -0.4 is 5.32 Å². The molecule has 33 heavy (non-hydrogen) atoms. The number of thiazole rings is 1. The minimum Gasteiger partial charge on any atom is -0.326 e. The van der Waals surface area contributed by atoms with Crippen molar-refractivity contribution in [1.29, 1.82) is 0 Å². The van der Waals surface area contributed by atoms with E-state index in [9.17, 15) is 35.5 Å². The van der Waals surface area contributed by atoms with Crippen LogP contribution in [0.25, 0.3) is 16.2 Å². The number of anilines is 1. The molecule has 0 radical (unpaired) electrons. The zero-order chi connectivity index (χ0) is 24.0. The third kappa shape index (κ3) is 5.00. The normalized spacial score (nSPS) is 12.3. The van der Waals surface area contributed by atoms with Crippen molar-refractivity contribution < 1.29 is 35.5 Å². The molecule has 0 aliphatic carbocycles. The molecule has 0 aliphatic rings. The van der Waals surface area contributed by atoms with Gasteiger partial charge in [-0.05, 0) is 42.5 Å². The van der Waals surface area contributed by atoms with Gasteiger partial charge in [0.25, 0.3) is 0 Å². The number of carbonyl (C=O) groups is 1. The van der Waals surface area contributed by atoms with Crippen LogP contribution in [0.5, 0.6) is 0 Å². The molecule has 0 unspecified atom stereocenters. The minimum absolute atomic E-state index is 0.0134. The molecule has 4 aromatic rings. The molecule has 0 bridgehead atoms. The second-order valence-electron chi connectivity index (χ2n) is 7.03. The number of nitrogens with zero attached hydrogens (tertiary/aromatic N) is 2. The number of aromatic nitrogens is 2. The average Bonchev–Trinajstić information content (AvgIpc) is 3.29.